The molecule has 0 aliphatic rings. The molecule has 1 aromatic heterocycles. The summed E-state index contributed by atoms with van der Waals surface area (Å²) < 4.78 is 81.5. The molecule has 10 heteroatoms. The Balaban J connectivity index is 3.48. The highest BCUT2D eigenvalue weighted by Crippen LogP contribution is 2.37. The lowest BCUT2D eigenvalue weighted by molar-refractivity contribution is -0.274. The first-order valence-electron chi connectivity index (χ1n) is 4.45. The standard InChI is InChI=1S/C9H5F6NO3/c1-18-6-2-5(19-9(13,14)15)4(3-17)7(16-6)8(10,11)12/h2-3H,1H3. The maximum absolute atomic E-state index is 12.6. The first-order valence-corrected chi connectivity index (χ1v) is 4.45. The number of hydrogen-bond acceptors (Lipinski definition) is 4. The van der Waals surface area contributed by atoms with Crippen molar-refractivity contribution in [1.29, 1.82) is 0 Å². The molecule has 0 aliphatic heterocycles. The fourth-order valence-electron chi connectivity index (χ4n) is 1.15. The molecule has 1 rings (SSSR count). The van der Waals surface area contributed by atoms with Crippen LogP contribution in [-0.2, 0) is 6.18 Å². The Morgan fingerprint density at radius 1 is 1.21 bits per heavy atom. The average molecular weight is 289 g/mol. The van der Waals surface area contributed by atoms with E-state index in [-0.39, 0.29) is 0 Å². The van der Waals surface area contributed by atoms with Gasteiger partial charge in [0.05, 0.1) is 12.7 Å². The first kappa shape index (κ1) is 15.1. The van der Waals surface area contributed by atoms with E-state index >= 15 is 0 Å². The van der Waals surface area contributed by atoms with Gasteiger partial charge >= 0.3 is 12.5 Å². The van der Waals surface area contributed by atoms with Gasteiger partial charge in [0.2, 0.25) is 5.88 Å². The molecule has 19 heavy (non-hydrogen) atoms. The monoisotopic (exact) mass is 289 g/mol. The van der Waals surface area contributed by atoms with Crippen molar-refractivity contribution in [2.45, 2.75) is 12.5 Å². The number of halogens is 6. The second-order valence-electron chi connectivity index (χ2n) is 3.09. The maximum Gasteiger partial charge on any atom is 0.573 e. The topological polar surface area (TPSA) is 48.4 Å². The molecule has 0 saturated carbocycles. The number of aromatic nitrogens is 1. The number of nitrogens with zero attached hydrogens (tertiary/aromatic N) is 1. The SMILES string of the molecule is COc1cc(OC(F)(F)F)c(C=O)c(C(F)(F)F)n1. The van der Waals surface area contributed by atoms with Crippen molar-refractivity contribution >= 4 is 6.29 Å². The fourth-order valence-corrected chi connectivity index (χ4v) is 1.15. The Labute approximate surface area is 101 Å². The summed E-state index contributed by atoms with van der Waals surface area (Å²) in [7, 11) is 0.903. The molecule has 0 aliphatic carbocycles. The van der Waals surface area contributed by atoms with Crippen molar-refractivity contribution in [3.8, 4) is 11.6 Å². The lowest BCUT2D eigenvalue weighted by Gasteiger charge is -2.15. The number of alkyl halides is 6. The summed E-state index contributed by atoms with van der Waals surface area (Å²) in [6, 6.07) is 0.437. The molecule has 1 heterocycles. The third-order valence-electron chi connectivity index (χ3n) is 1.82. The van der Waals surface area contributed by atoms with Crippen LogP contribution in [0.1, 0.15) is 16.1 Å². The number of carbonyl (C=O) groups excluding carboxylic acids is 1. The number of methoxy groups -OCH3 is 1. The van der Waals surface area contributed by atoms with Gasteiger partial charge < -0.3 is 9.47 Å². The minimum Gasteiger partial charge on any atom is -0.481 e. The molecule has 0 amide bonds. The predicted molar refractivity (Wildman–Crippen MR) is 47.9 cm³/mol. The summed E-state index contributed by atoms with van der Waals surface area (Å²) in [6.45, 7) is 0. The minimum atomic E-state index is -5.26. The molecule has 0 unspecified atom stereocenters. The van der Waals surface area contributed by atoms with E-state index < -0.39 is 41.7 Å². The number of aldehydes is 1. The molecule has 0 fully saturated rings. The molecule has 4 nitrogen and oxygen atoms in total. The van der Waals surface area contributed by atoms with Crippen LogP contribution in [-0.4, -0.2) is 24.7 Å². The maximum atomic E-state index is 12.6. The van der Waals surface area contributed by atoms with Crippen LogP contribution in [0.5, 0.6) is 11.6 Å². The van der Waals surface area contributed by atoms with Gasteiger partial charge in [-0.1, -0.05) is 0 Å². The molecule has 0 atom stereocenters. The van der Waals surface area contributed by atoms with Crippen molar-refractivity contribution in [2.24, 2.45) is 0 Å². The van der Waals surface area contributed by atoms with E-state index in [1.165, 1.54) is 0 Å². The minimum absolute atomic E-state index is 0.420. The largest absolute Gasteiger partial charge is 0.573 e. The Bertz CT molecular complexity index is 482. The highest BCUT2D eigenvalue weighted by atomic mass is 19.4. The molecule has 0 saturated heterocycles. The Kier molecular flexibility index (Phi) is 3.91. The second-order valence-corrected chi connectivity index (χ2v) is 3.09. The Morgan fingerprint density at radius 2 is 1.79 bits per heavy atom. The van der Waals surface area contributed by atoms with E-state index in [2.05, 4.69) is 14.5 Å². The Morgan fingerprint density at radius 3 is 2.16 bits per heavy atom. The van der Waals surface area contributed by atoms with Crippen LogP contribution in [0.25, 0.3) is 0 Å². The number of carbonyl (C=O) groups is 1. The van der Waals surface area contributed by atoms with Crippen molar-refractivity contribution in [3.63, 3.8) is 0 Å². The van der Waals surface area contributed by atoms with E-state index in [0.717, 1.165) is 7.11 Å². The van der Waals surface area contributed by atoms with Gasteiger partial charge in [0.1, 0.15) is 5.75 Å². The van der Waals surface area contributed by atoms with Gasteiger partial charge in [-0.05, 0) is 0 Å². The van der Waals surface area contributed by atoms with Crippen molar-refractivity contribution < 1.29 is 40.6 Å². The van der Waals surface area contributed by atoms with Gasteiger partial charge in [0.25, 0.3) is 0 Å². The average Bonchev–Trinajstić information content (AvgIpc) is 2.24. The summed E-state index contributed by atoms with van der Waals surface area (Å²) >= 11 is 0. The summed E-state index contributed by atoms with van der Waals surface area (Å²) in [6.07, 6.45) is -10.8. The summed E-state index contributed by atoms with van der Waals surface area (Å²) in [5.41, 5.74) is -3.17. The van der Waals surface area contributed by atoms with Crippen LogP contribution in [0.15, 0.2) is 6.07 Å². The molecule has 0 N–H and O–H groups in total. The second kappa shape index (κ2) is 4.94. The molecular formula is C9H5F6NO3. The molecule has 1 aromatic rings. The van der Waals surface area contributed by atoms with Crippen LogP contribution < -0.4 is 9.47 Å². The van der Waals surface area contributed by atoms with E-state index in [4.69, 9.17) is 0 Å². The zero-order valence-electron chi connectivity index (χ0n) is 9.09. The summed E-state index contributed by atoms with van der Waals surface area (Å²) in [5, 5.41) is 0. The zero-order valence-corrected chi connectivity index (χ0v) is 9.09. The van der Waals surface area contributed by atoms with Crippen LogP contribution >= 0.6 is 0 Å². The van der Waals surface area contributed by atoms with Gasteiger partial charge in [-0.25, -0.2) is 4.98 Å². The van der Waals surface area contributed by atoms with Gasteiger partial charge in [-0.15, -0.1) is 13.2 Å². The van der Waals surface area contributed by atoms with E-state index in [0.29, 0.717) is 6.07 Å². The molecule has 0 radical (unpaired) electrons. The lowest BCUT2D eigenvalue weighted by atomic mass is 10.2. The zero-order chi connectivity index (χ0) is 14.8. The van der Waals surface area contributed by atoms with Crippen LogP contribution in [0.2, 0.25) is 0 Å². The van der Waals surface area contributed by atoms with Crippen LogP contribution in [0, 0.1) is 0 Å². The van der Waals surface area contributed by atoms with E-state index in [1.54, 1.807) is 0 Å². The lowest BCUT2D eigenvalue weighted by Crippen LogP contribution is -2.21. The quantitative estimate of drug-likeness (QED) is 0.634. The van der Waals surface area contributed by atoms with Crippen LogP contribution in [0.4, 0.5) is 26.3 Å². The molecular weight excluding hydrogens is 284 g/mol. The number of ether oxygens (including phenoxy) is 2. The summed E-state index contributed by atoms with van der Waals surface area (Å²) in [4.78, 5) is 13.5. The third-order valence-corrected chi connectivity index (χ3v) is 1.82. The van der Waals surface area contributed by atoms with Gasteiger partial charge in [-0.2, -0.15) is 13.2 Å². The van der Waals surface area contributed by atoms with Crippen LogP contribution in [0.3, 0.4) is 0 Å². The molecule has 0 bridgehead atoms. The first-order chi connectivity index (χ1) is 8.58. The van der Waals surface area contributed by atoms with E-state index in [1.807, 2.05) is 0 Å². The number of hydrogen-bond donors (Lipinski definition) is 0. The van der Waals surface area contributed by atoms with Gasteiger partial charge in [0, 0.05) is 6.07 Å². The fraction of sp³-hybridized carbons (Fsp3) is 0.333. The normalized spacial score (nSPS) is 12.2. The highest BCUT2D eigenvalue weighted by molar-refractivity contribution is 5.81. The Hall–Kier alpha value is -2.00. The van der Waals surface area contributed by atoms with Crippen molar-refractivity contribution in [2.75, 3.05) is 7.11 Å². The highest BCUT2D eigenvalue weighted by Gasteiger charge is 2.40. The molecule has 0 aromatic carbocycles. The van der Waals surface area contributed by atoms with Crippen molar-refractivity contribution in [3.05, 3.63) is 17.3 Å². The number of rotatable bonds is 3. The molecule has 0 spiro atoms. The van der Waals surface area contributed by atoms with Crippen molar-refractivity contribution in [1.82, 2.24) is 4.98 Å². The number of pyridine rings is 1. The smallest absolute Gasteiger partial charge is 0.481 e. The summed E-state index contributed by atoms with van der Waals surface area (Å²) in [5.74, 6) is -2.10. The van der Waals surface area contributed by atoms with E-state index in [9.17, 15) is 31.1 Å². The third kappa shape index (κ3) is 3.73. The predicted octanol–water partition coefficient (Wildman–Crippen LogP) is 2.82. The van der Waals surface area contributed by atoms with Gasteiger partial charge in [0.15, 0.2) is 12.0 Å². The van der Waals surface area contributed by atoms with Gasteiger partial charge in [-0.3, -0.25) is 4.79 Å². The molecule has 106 valence electrons.